The van der Waals surface area contributed by atoms with Crippen molar-refractivity contribution in [3.63, 3.8) is 0 Å². The number of aliphatic hydroxyl groups is 1. The van der Waals surface area contributed by atoms with E-state index in [2.05, 4.69) is 5.32 Å². The average Bonchev–Trinajstić information content (AvgIpc) is 3.17. The Morgan fingerprint density at radius 1 is 1.30 bits per heavy atom. The third-order valence-electron chi connectivity index (χ3n) is 4.85. The Morgan fingerprint density at radius 2 is 2.13 bits per heavy atom. The van der Waals surface area contributed by atoms with Crippen LogP contribution in [0.2, 0.25) is 0 Å². The van der Waals surface area contributed by atoms with Crippen molar-refractivity contribution in [3.8, 4) is 5.75 Å². The highest BCUT2D eigenvalue weighted by Gasteiger charge is 2.30. The minimum Gasteiger partial charge on any atom is -0.487 e. The summed E-state index contributed by atoms with van der Waals surface area (Å²) < 4.78 is 11.3. The lowest BCUT2D eigenvalue weighted by Gasteiger charge is -2.29. The van der Waals surface area contributed by atoms with Gasteiger partial charge in [0.05, 0.1) is 6.26 Å². The van der Waals surface area contributed by atoms with E-state index in [4.69, 9.17) is 9.15 Å². The highest BCUT2D eigenvalue weighted by Crippen LogP contribution is 2.34. The second-order valence-electron chi connectivity index (χ2n) is 6.48. The van der Waals surface area contributed by atoms with Gasteiger partial charge in [-0.3, -0.25) is 0 Å². The molecule has 3 heterocycles. The summed E-state index contributed by atoms with van der Waals surface area (Å²) in [5.74, 6) is 0.844. The SMILES string of the molecule is OC(CNC1CCN(O)CC1)C1Cc2cc3occc3cc2O1. The number of rotatable bonds is 4. The third-order valence-corrected chi connectivity index (χ3v) is 4.85. The van der Waals surface area contributed by atoms with Gasteiger partial charge in [-0.25, -0.2) is 0 Å². The molecule has 1 aromatic heterocycles. The maximum atomic E-state index is 10.4. The normalized spacial score (nSPS) is 23.8. The van der Waals surface area contributed by atoms with Gasteiger partial charge in [0.25, 0.3) is 0 Å². The number of nitrogens with one attached hydrogen (secondary N) is 1. The Hall–Kier alpha value is -1.60. The fourth-order valence-electron chi connectivity index (χ4n) is 3.42. The molecule has 2 aromatic rings. The van der Waals surface area contributed by atoms with Crippen molar-refractivity contribution in [2.45, 2.75) is 37.5 Å². The number of furan rings is 1. The molecule has 1 fully saturated rings. The quantitative estimate of drug-likeness (QED) is 0.794. The summed E-state index contributed by atoms with van der Waals surface area (Å²) in [4.78, 5) is 0. The molecule has 0 saturated carbocycles. The van der Waals surface area contributed by atoms with Gasteiger partial charge in [0.2, 0.25) is 0 Å². The molecule has 0 aliphatic carbocycles. The topological polar surface area (TPSA) is 78.1 Å². The molecule has 1 aromatic carbocycles. The van der Waals surface area contributed by atoms with Crippen LogP contribution in [-0.2, 0) is 6.42 Å². The Bertz CT molecular complexity index is 638. The first-order chi connectivity index (χ1) is 11.2. The number of ether oxygens (including phenoxy) is 1. The molecule has 0 bridgehead atoms. The number of hydroxylamine groups is 2. The van der Waals surface area contributed by atoms with Crippen molar-refractivity contribution in [1.29, 1.82) is 0 Å². The van der Waals surface area contributed by atoms with E-state index in [9.17, 15) is 10.3 Å². The summed E-state index contributed by atoms with van der Waals surface area (Å²) in [5, 5.41) is 25.5. The van der Waals surface area contributed by atoms with Crippen LogP contribution in [0.5, 0.6) is 5.75 Å². The maximum Gasteiger partial charge on any atom is 0.134 e. The predicted molar refractivity (Wildman–Crippen MR) is 84.7 cm³/mol. The van der Waals surface area contributed by atoms with E-state index in [-0.39, 0.29) is 6.10 Å². The molecule has 2 atom stereocenters. The van der Waals surface area contributed by atoms with Gasteiger partial charge < -0.3 is 24.8 Å². The molecule has 6 nitrogen and oxygen atoms in total. The summed E-state index contributed by atoms with van der Waals surface area (Å²) in [6.07, 6.45) is 3.39. The minimum atomic E-state index is -0.555. The average molecular weight is 318 g/mol. The predicted octanol–water partition coefficient (Wildman–Crippen LogP) is 1.54. The van der Waals surface area contributed by atoms with Crippen molar-refractivity contribution < 1.29 is 19.5 Å². The van der Waals surface area contributed by atoms with E-state index in [1.165, 1.54) is 5.06 Å². The molecule has 3 N–H and O–H groups in total. The van der Waals surface area contributed by atoms with Crippen LogP contribution in [-0.4, -0.2) is 53.3 Å². The van der Waals surface area contributed by atoms with Crippen molar-refractivity contribution in [2.24, 2.45) is 0 Å². The summed E-state index contributed by atoms with van der Waals surface area (Å²) in [7, 11) is 0. The molecular formula is C17H22N2O4. The molecule has 124 valence electrons. The number of aliphatic hydroxyl groups excluding tert-OH is 1. The van der Waals surface area contributed by atoms with Crippen LogP contribution in [0, 0.1) is 0 Å². The first-order valence-electron chi connectivity index (χ1n) is 8.21. The summed E-state index contributed by atoms with van der Waals surface area (Å²) in [6, 6.07) is 6.24. The van der Waals surface area contributed by atoms with Crippen LogP contribution in [0.4, 0.5) is 0 Å². The van der Waals surface area contributed by atoms with Crippen LogP contribution in [0.1, 0.15) is 18.4 Å². The van der Waals surface area contributed by atoms with Gasteiger partial charge in [0, 0.05) is 43.0 Å². The largest absolute Gasteiger partial charge is 0.487 e. The van der Waals surface area contributed by atoms with E-state index in [0.29, 0.717) is 32.1 Å². The molecule has 2 aliphatic rings. The number of hydrogen-bond donors (Lipinski definition) is 3. The van der Waals surface area contributed by atoms with Crippen molar-refractivity contribution in [2.75, 3.05) is 19.6 Å². The first kappa shape index (κ1) is 15.0. The van der Waals surface area contributed by atoms with E-state index < -0.39 is 6.10 Å². The minimum absolute atomic E-state index is 0.220. The summed E-state index contributed by atoms with van der Waals surface area (Å²) >= 11 is 0. The molecule has 6 heteroatoms. The number of hydrogen-bond acceptors (Lipinski definition) is 6. The van der Waals surface area contributed by atoms with Gasteiger partial charge in [-0.05, 0) is 31.0 Å². The zero-order chi connectivity index (χ0) is 15.8. The molecule has 0 spiro atoms. The van der Waals surface area contributed by atoms with Crippen LogP contribution >= 0.6 is 0 Å². The lowest BCUT2D eigenvalue weighted by Crippen LogP contribution is -2.46. The van der Waals surface area contributed by atoms with Crippen LogP contribution in [0.3, 0.4) is 0 Å². The molecule has 2 aliphatic heterocycles. The van der Waals surface area contributed by atoms with Crippen molar-refractivity contribution in [1.82, 2.24) is 10.4 Å². The van der Waals surface area contributed by atoms with Gasteiger partial charge in [0.1, 0.15) is 23.5 Å². The molecule has 23 heavy (non-hydrogen) atoms. The number of fused-ring (bicyclic) bond motifs is 2. The maximum absolute atomic E-state index is 10.4. The van der Waals surface area contributed by atoms with Crippen LogP contribution in [0.25, 0.3) is 11.0 Å². The van der Waals surface area contributed by atoms with Gasteiger partial charge in [-0.2, -0.15) is 5.06 Å². The zero-order valence-corrected chi connectivity index (χ0v) is 12.9. The molecule has 0 amide bonds. The van der Waals surface area contributed by atoms with E-state index in [0.717, 1.165) is 35.1 Å². The number of nitrogens with zero attached hydrogens (tertiary/aromatic N) is 1. The standard InChI is InChI=1S/C17H22N2O4/c20-14(10-18-13-1-4-19(21)5-2-13)17-9-12-8-15-11(3-6-22-15)7-16(12)23-17/h3,6-8,13-14,17-18,20-21H,1-2,4-5,9-10H2. The zero-order valence-electron chi connectivity index (χ0n) is 12.9. The Balaban J connectivity index is 1.34. The lowest BCUT2D eigenvalue weighted by molar-refractivity contribution is -0.108. The second kappa shape index (κ2) is 6.13. The highest BCUT2D eigenvalue weighted by atomic mass is 16.5. The van der Waals surface area contributed by atoms with E-state index in [1.807, 2.05) is 18.2 Å². The Morgan fingerprint density at radius 3 is 2.96 bits per heavy atom. The fourth-order valence-corrected chi connectivity index (χ4v) is 3.42. The van der Waals surface area contributed by atoms with Gasteiger partial charge in [-0.1, -0.05) is 0 Å². The Kier molecular flexibility index (Phi) is 3.98. The van der Waals surface area contributed by atoms with Crippen LogP contribution < -0.4 is 10.1 Å². The van der Waals surface area contributed by atoms with Crippen LogP contribution in [0.15, 0.2) is 28.9 Å². The first-order valence-corrected chi connectivity index (χ1v) is 8.21. The summed E-state index contributed by atoms with van der Waals surface area (Å²) in [5.41, 5.74) is 1.95. The molecule has 2 unspecified atom stereocenters. The fraction of sp³-hybridized carbons (Fsp3) is 0.529. The Labute approximate surface area is 134 Å². The van der Waals surface area contributed by atoms with E-state index in [1.54, 1.807) is 6.26 Å². The second-order valence-corrected chi connectivity index (χ2v) is 6.48. The van der Waals surface area contributed by atoms with E-state index >= 15 is 0 Å². The number of piperidine rings is 1. The molecule has 4 rings (SSSR count). The third kappa shape index (κ3) is 3.07. The van der Waals surface area contributed by atoms with Gasteiger partial charge >= 0.3 is 0 Å². The van der Waals surface area contributed by atoms with Gasteiger partial charge in [-0.15, -0.1) is 0 Å². The molecule has 1 saturated heterocycles. The molecular weight excluding hydrogens is 296 g/mol. The van der Waals surface area contributed by atoms with Crippen molar-refractivity contribution in [3.05, 3.63) is 30.0 Å². The monoisotopic (exact) mass is 318 g/mol. The number of benzene rings is 1. The highest BCUT2D eigenvalue weighted by molar-refractivity contribution is 5.80. The lowest BCUT2D eigenvalue weighted by atomic mass is 10.0. The van der Waals surface area contributed by atoms with Gasteiger partial charge in [0.15, 0.2) is 0 Å². The van der Waals surface area contributed by atoms with Crippen molar-refractivity contribution >= 4 is 11.0 Å². The molecule has 0 radical (unpaired) electrons. The smallest absolute Gasteiger partial charge is 0.134 e. The summed E-state index contributed by atoms with van der Waals surface area (Å²) in [6.45, 7) is 1.86.